The van der Waals surface area contributed by atoms with Crippen molar-refractivity contribution in [1.82, 2.24) is 4.90 Å². The molecular formula is C9H17NO3. The van der Waals surface area contributed by atoms with Gasteiger partial charge in [0.2, 0.25) is 0 Å². The molecule has 0 radical (unpaired) electrons. The molecule has 0 aromatic heterocycles. The second-order valence-corrected chi connectivity index (χ2v) is 3.89. The number of aliphatic hydroxyl groups is 2. The minimum atomic E-state index is -0.971. The summed E-state index contributed by atoms with van der Waals surface area (Å²) in [6.07, 6.45) is 0.679. The van der Waals surface area contributed by atoms with Crippen molar-refractivity contribution in [3.8, 4) is 0 Å². The lowest BCUT2D eigenvalue weighted by molar-refractivity contribution is -0.132. The summed E-state index contributed by atoms with van der Waals surface area (Å²) in [5.41, 5.74) is 0. The van der Waals surface area contributed by atoms with Crippen molar-refractivity contribution in [3.05, 3.63) is 0 Å². The van der Waals surface area contributed by atoms with Gasteiger partial charge >= 0.3 is 0 Å². The average molecular weight is 187 g/mol. The first kappa shape index (κ1) is 9.40. The van der Waals surface area contributed by atoms with Gasteiger partial charge in [0.05, 0.1) is 12.1 Å². The van der Waals surface area contributed by atoms with Gasteiger partial charge in [-0.15, -0.1) is 0 Å². The van der Waals surface area contributed by atoms with Crippen LogP contribution in [-0.4, -0.2) is 52.7 Å². The first-order chi connectivity index (χ1) is 6.24. The van der Waals surface area contributed by atoms with Crippen molar-refractivity contribution >= 4 is 0 Å². The number of rotatable bonds is 3. The Morgan fingerprint density at radius 2 is 2.23 bits per heavy atom. The largest absolute Gasteiger partial charge is 0.386 e. The lowest BCUT2D eigenvalue weighted by Gasteiger charge is -2.43. The van der Waals surface area contributed by atoms with Crippen LogP contribution in [0.15, 0.2) is 0 Å². The molecule has 0 saturated carbocycles. The van der Waals surface area contributed by atoms with E-state index in [1.165, 1.54) is 0 Å². The zero-order chi connectivity index (χ0) is 9.42. The van der Waals surface area contributed by atoms with Gasteiger partial charge in [-0.25, -0.2) is 0 Å². The summed E-state index contributed by atoms with van der Waals surface area (Å²) in [4.78, 5) is 2.19. The third-order valence-electron chi connectivity index (χ3n) is 2.97. The first-order valence-corrected chi connectivity index (χ1v) is 4.99. The number of unbranched alkanes of at least 4 members (excludes halogenated alkanes) is 1. The molecule has 2 aliphatic heterocycles. The van der Waals surface area contributed by atoms with Crippen LogP contribution >= 0.6 is 0 Å². The summed E-state index contributed by atoms with van der Waals surface area (Å²) in [5.74, 6) is 0. The Morgan fingerprint density at radius 3 is 2.85 bits per heavy atom. The Labute approximate surface area is 78.1 Å². The van der Waals surface area contributed by atoms with E-state index >= 15 is 0 Å². The minimum absolute atomic E-state index is 0.0431. The van der Waals surface area contributed by atoms with Crippen molar-refractivity contribution in [3.63, 3.8) is 0 Å². The van der Waals surface area contributed by atoms with E-state index in [-0.39, 0.29) is 12.1 Å². The van der Waals surface area contributed by atoms with E-state index in [0.717, 1.165) is 25.9 Å². The second kappa shape index (κ2) is 3.53. The number of hydrogen-bond acceptors (Lipinski definition) is 4. The molecule has 2 fully saturated rings. The summed E-state index contributed by atoms with van der Waals surface area (Å²) < 4.78 is 5.15. The van der Waals surface area contributed by atoms with Gasteiger partial charge in [-0.05, 0) is 13.0 Å². The Kier molecular flexibility index (Phi) is 2.55. The van der Waals surface area contributed by atoms with Crippen molar-refractivity contribution < 1.29 is 14.9 Å². The standard InChI is InChI=1S/C9H17NO3/c1-2-3-4-10-5-6-7(10)8(11)9(12)13-6/h6-9,11-12H,2-5H2,1H3/t6-,7+,8+,9?/m0/s1. The minimum Gasteiger partial charge on any atom is -0.386 e. The number of hydrogen-bond donors (Lipinski definition) is 2. The van der Waals surface area contributed by atoms with Crippen LogP contribution in [0, 0.1) is 0 Å². The third-order valence-corrected chi connectivity index (χ3v) is 2.97. The van der Waals surface area contributed by atoms with E-state index in [1.54, 1.807) is 0 Å². The molecule has 0 spiro atoms. The molecular weight excluding hydrogens is 170 g/mol. The highest BCUT2D eigenvalue weighted by Gasteiger charge is 2.52. The molecule has 2 rings (SSSR count). The first-order valence-electron chi connectivity index (χ1n) is 4.99. The average Bonchev–Trinajstić information content (AvgIpc) is 2.28. The number of nitrogens with zero attached hydrogens (tertiary/aromatic N) is 1. The van der Waals surface area contributed by atoms with Gasteiger partial charge < -0.3 is 14.9 Å². The summed E-state index contributed by atoms with van der Waals surface area (Å²) >= 11 is 0. The summed E-state index contributed by atoms with van der Waals surface area (Å²) in [6.45, 7) is 4.01. The highest BCUT2D eigenvalue weighted by molar-refractivity contribution is 5.02. The van der Waals surface area contributed by atoms with Crippen molar-refractivity contribution in [2.24, 2.45) is 0 Å². The number of ether oxygens (including phenoxy) is 1. The Morgan fingerprint density at radius 1 is 1.46 bits per heavy atom. The fourth-order valence-electron chi connectivity index (χ4n) is 2.15. The van der Waals surface area contributed by atoms with E-state index in [0.29, 0.717) is 0 Å². The van der Waals surface area contributed by atoms with Gasteiger partial charge in [-0.3, -0.25) is 4.90 Å². The Hall–Kier alpha value is -0.160. The van der Waals surface area contributed by atoms with Crippen LogP contribution in [0.3, 0.4) is 0 Å². The van der Waals surface area contributed by atoms with Gasteiger partial charge in [0, 0.05) is 6.54 Å². The van der Waals surface area contributed by atoms with Gasteiger partial charge in [0.25, 0.3) is 0 Å². The second-order valence-electron chi connectivity index (χ2n) is 3.89. The lowest BCUT2D eigenvalue weighted by Crippen LogP contribution is -2.61. The predicted molar refractivity (Wildman–Crippen MR) is 47.2 cm³/mol. The molecule has 2 heterocycles. The highest BCUT2D eigenvalue weighted by Crippen LogP contribution is 2.33. The Balaban J connectivity index is 1.85. The van der Waals surface area contributed by atoms with Crippen LogP contribution in [0.4, 0.5) is 0 Å². The van der Waals surface area contributed by atoms with Crippen molar-refractivity contribution in [1.29, 1.82) is 0 Å². The Bertz CT molecular complexity index is 186. The van der Waals surface area contributed by atoms with Crippen LogP contribution < -0.4 is 0 Å². The van der Waals surface area contributed by atoms with Crippen LogP contribution in [0.1, 0.15) is 19.8 Å². The van der Waals surface area contributed by atoms with Crippen LogP contribution in [0.2, 0.25) is 0 Å². The molecule has 1 unspecified atom stereocenters. The van der Waals surface area contributed by atoms with Crippen LogP contribution in [0.5, 0.6) is 0 Å². The molecule has 2 saturated heterocycles. The van der Waals surface area contributed by atoms with E-state index in [4.69, 9.17) is 4.74 Å². The maximum atomic E-state index is 9.54. The zero-order valence-corrected chi connectivity index (χ0v) is 7.89. The summed E-state index contributed by atoms with van der Waals surface area (Å²) in [6, 6.07) is 0.0431. The van der Waals surface area contributed by atoms with Gasteiger partial charge in [-0.1, -0.05) is 13.3 Å². The molecule has 0 amide bonds. The lowest BCUT2D eigenvalue weighted by atomic mass is 9.96. The molecule has 4 atom stereocenters. The molecule has 0 bridgehead atoms. The molecule has 76 valence electrons. The summed E-state index contributed by atoms with van der Waals surface area (Å²) in [5, 5.41) is 18.8. The third kappa shape index (κ3) is 1.48. The SMILES string of the molecule is CCCCN1C[C@@H]2OC(O)[C@H](O)[C@@H]21. The maximum absolute atomic E-state index is 9.54. The van der Waals surface area contributed by atoms with Gasteiger partial charge in [-0.2, -0.15) is 0 Å². The molecule has 2 N–H and O–H groups in total. The molecule has 4 heteroatoms. The predicted octanol–water partition coefficient (Wildman–Crippen LogP) is -0.451. The summed E-state index contributed by atoms with van der Waals surface area (Å²) in [7, 11) is 0. The van der Waals surface area contributed by atoms with Crippen LogP contribution in [-0.2, 0) is 4.74 Å². The topological polar surface area (TPSA) is 52.9 Å². The number of likely N-dealkylation sites (tertiary alicyclic amines) is 1. The van der Waals surface area contributed by atoms with E-state index < -0.39 is 12.4 Å². The molecule has 0 aliphatic carbocycles. The van der Waals surface area contributed by atoms with Crippen molar-refractivity contribution in [2.75, 3.05) is 13.1 Å². The molecule has 0 aromatic rings. The van der Waals surface area contributed by atoms with E-state index in [1.807, 2.05) is 0 Å². The molecule has 2 aliphatic rings. The van der Waals surface area contributed by atoms with Crippen LogP contribution in [0.25, 0.3) is 0 Å². The van der Waals surface area contributed by atoms with E-state index in [2.05, 4.69) is 11.8 Å². The van der Waals surface area contributed by atoms with E-state index in [9.17, 15) is 10.2 Å². The molecule has 13 heavy (non-hydrogen) atoms. The van der Waals surface area contributed by atoms with Gasteiger partial charge in [0.15, 0.2) is 6.29 Å². The smallest absolute Gasteiger partial charge is 0.182 e. The molecule has 4 nitrogen and oxygen atoms in total. The maximum Gasteiger partial charge on any atom is 0.182 e. The monoisotopic (exact) mass is 187 g/mol. The van der Waals surface area contributed by atoms with Gasteiger partial charge in [0.1, 0.15) is 6.10 Å². The fourth-order valence-corrected chi connectivity index (χ4v) is 2.15. The highest BCUT2D eigenvalue weighted by atomic mass is 16.6. The fraction of sp³-hybridized carbons (Fsp3) is 1.00. The van der Waals surface area contributed by atoms with Crippen molar-refractivity contribution in [2.45, 2.75) is 44.3 Å². The quantitative estimate of drug-likeness (QED) is 0.628. The molecule has 0 aromatic carbocycles. The number of aliphatic hydroxyl groups excluding tert-OH is 2. The number of fused-ring (bicyclic) bond motifs is 1. The zero-order valence-electron chi connectivity index (χ0n) is 7.89. The normalized spacial score (nSPS) is 44.5.